The van der Waals surface area contributed by atoms with Gasteiger partial charge >= 0.3 is 6.03 Å². The van der Waals surface area contributed by atoms with Crippen molar-refractivity contribution in [1.29, 1.82) is 0 Å². The average molecular weight is 484 g/mol. The number of nitrogens with one attached hydrogen (secondary N) is 2. The van der Waals surface area contributed by atoms with E-state index in [1.54, 1.807) is 21.2 Å². The van der Waals surface area contributed by atoms with Gasteiger partial charge in [0.2, 0.25) is 0 Å². The molecule has 0 bridgehead atoms. The Balaban J connectivity index is 1.75. The Bertz CT molecular complexity index is 1400. The predicted molar refractivity (Wildman–Crippen MR) is 146 cm³/mol. The zero-order valence-electron chi connectivity index (χ0n) is 21.9. The number of hydrogen-bond acceptors (Lipinski definition) is 4. The standard InChI is InChI=1S/C30H33N3O3/c1-17-13-19(15-20(14-17)31-29(34)33(5)6)28-27-21(26-23(35-7)9-8-10-24(26)36-28)11-12-22-25(27)18(2)16-30(3,4)32-22/h8-16,28,32H,1-7H3,(H,31,34). The molecule has 0 aromatic heterocycles. The molecule has 3 aromatic rings. The Labute approximate surface area is 212 Å². The van der Waals surface area contributed by atoms with Gasteiger partial charge in [-0.1, -0.05) is 24.3 Å². The van der Waals surface area contributed by atoms with E-state index in [1.165, 1.54) is 10.5 Å². The number of carbonyl (C=O) groups is 1. The number of methoxy groups -OCH3 is 1. The Morgan fingerprint density at radius 3 is 2.58 bits per heavy atom. The Hall–Kier alpha value is -3.93. The van der Waals surface area contributed by atoms with Crippen LogP contribution in [0.2, 0.25) is 0 Å². The van der Waals surface area contributed by atoms with Crippen LogP contribution in [0.4, 0.5) is 16.2 Å². The first-order valence-electron chi connectivity index (χ1n) is 12.2. The second-order valence-corrected chi connectivity index (χ2v) is 10.4. The fourth-order valence-corrected chi connectivity index (χ4v) is 5.37. The molecule has 1 atom stereocenters. The van der Waals surface area contributed by atoms with Gasteiger partial charge < -0.3 is 25.0 Å². The summed E-state index contributed by atoms with van der Waals surface area (Å²) in [6.45, 7) is 8.54. The Morgan fingerprint density at radius 1 is 1.08 bits per heavy atom. The molecule has 5 rings (SSSR count). The predicted octanol–water partition coefficient (Wildman–Crippen LogP) is 6.85. The fraction of sp³-hybridized carbons (Fsp3) is 0.300. The first-order chi connectivity index (χ1) is 17.1. The quantitative estimate of drug-likeness (QED) is 0.427. The summed E-state index contributed by atoms with van der Waals surface area (Å²) in [6.07, 6.45) is 1.90. The molecule has 6 nitrogen and oxygen atoms in total. The Morgan fingerprint density at radius 2 is 1.86 bits per heavy atom. The van der Waals surface area contributed by atoms with Crippen molar-refractivity contribution in [3.63, 3.8) is 0 Å². The van der Waals surface area contributed by atoms with E-state index in [4.69, 9.17) is 9.47 Å². The molecule has 2 N–H and O–H groups in total. The maximum Gasteiger partial charge on any atom is 0.321 e. The van der Waals surface area contributed by atoms with Gasteiger partial charge in [0.05, 0.1) is 18.2 Å². The van der Waals surface area contributed by atoms with Crippen LogP contribution >= 0.6 is 0 Å². The van der Waals surface area contributed by atoms with Crippen LogP contribution in [0.15, 0.2) is 54.6 Å². The lowest BCUT2D eigenvalue weighted by Crippen LogP contribution is -2.32. The number of aryl methyl sites for hydroxylation is 1. The first-order valence-corrected chi connectivity index (χ1v) is 12.2. The minimum atomic E-state index is -0.365. The summed E-state index contributed by atoms with van der Waals surface area (Å²) in [5.41, 5.74) is 9.17. The van der Waals surface area contributed by atoms with Gasteiger partial charge in [-0.25, -0.2) is 4.79 Å². The maximum absolute atomic E-state index is 12.4. The van der Waals surface area contributed by atoms with Gasteiger partial charge in [-0.15, -0.1) is 0 Å². The number of ether oxygens (including phenoxy) is 2. The molecular formula is C30H33N3O3. The van der Waals surface area contributed by atoms with Crippen molar-refractivity contribution in [2.24, 2.45) is 0 Å². The molecule has 3 aromatic carbocycles. The number of hydrogen-bond donors (Lipinski definition) is 2. The summed E-state index contributed by atoms with van der Waals surface area (Å²) in [4.78, 5) is 13.9. The summed E-state index contributed by atoms with van der Waals surface area (Å²) in [6, 6.07) is 16.2. The molecule has 186 valence electrons. The van der Waals surface area contributed by atoms with Gasteiger partial charge in [-0.05, 0) is 80.3 Å². The largest absolute Gasteiger partial charge is 0.496 e. The smallest absolute Gasteiger partial charge is 0.321 e. The fourth-order valence-electron chi connectivity index (χ4n) is 5.37. The van der Waals surface area contributed by atoms with Gasteiger partial charge in [0.25, 0.3) is 0 Å². The number of allylic oxidation sites excluding steroid dienone is 1. The van der Waals surface area contributed by atoms with Crippen molar-refractivity contribution in [2.45, 2.75) is 39.3 Å². The van der Waals surface area contributed by atoms with Gasteiger partial charge in [-0.2, -0.15) is 0 Å². The van der Waals surface area contributed by atoms with Crippen molar-refractivity contribution in [1.82, 2.24) is 4.90 Å². The number of rotatable bonds is 3. The molecule has 0 fully saturated rings. The topological polar surface area (TPSA) is 62.8 Å². The zero-order valence-corrected chi connectivity index (χ0v) is 21.9. The molecule has 0 radical (unpaired) electrons. The second kappa shape index (κ2) is 8.63. The highest BCUT2D eigenvalue weighted by Crippen LogP contribution is 2.53. The molecule has 2 heterocycles. The van der Waals surface area contributed by atoms with Crippen LogP contribution in [0.25, 0.3) is 16.7 Å². The molecule has 0 saturated carbocycles. The molecule has 0 spiro atoms. The van der Waals surface area contributed by atoms with E-state index in [0.717, 1.165) is 56.3 Å². The van der Waals surface area contributed by atoms with Gasteiger partial charge in [0.1, 0.15) is 11.5 Å². The monoisotopic (exact) mass is 483 g/mol. The van der Waals surface area contributed by atoms with E-state index in [9.17, 15) is 4.79 Å². The highest BCUT2D eigenvalue weighted by molar-refractivity contribution is 5.92. The number of nitrogens with zero attached hydrogens (tertiary/aromatic N) is 1. The van der Waals surface area contributed by atoms with Gasteiger partial charge in [0, 0.05) is 36.6 Å². The van der Waals surface area contributed by atoms with Gasteiger partial charge in [-0.3, -0.25) is 0 Å². The van der Waals surface area contributed by atoms with Crippen molar-refractivity contribution in [3.8, 4) is 22.6 Å². The van der Waals surface area contributed by atoms with Crippen LogP contribution in [0, 0.1) is 6.92 Å². The summed E-state index contributed by atoms with van der Waals surface area (Å²) in [7, 11) is 5.15. The average Bonchev–Trinajstić information content (AvgIpc) is 2.81. The van der Waals surface area contributed by atoms with Crippen LogP contribution in [0.1, 0.15) is 49.1 Å². The molecular weight excluding hydrogens is 450 g/mol. The molecule has 2 aliphatic rings. The highest BCUT2D eigenvalue weighted by atomic mass is 16.5. The molecule has 36 heavy (non-hydrogen) atoms. The number of carbonyl (C=O) groups excluding carboxylic acids is 1. The minimum absolute atomic E-state index is 0.154. The lowest BCUT2D eigenvalue weighted by atomic mass is 9.80. The molecule has 2 amide bonds. The number of benzene rings is 3. The number of anilines is 2. The van der Waals surface area contributed by atoms with Crippen LogP contribution in [-0.2, 0) is 0 Å². The van der Waals surface area contributed by atoms with Gasteiger partial charge in [0.15, 0.2) is 6.10 Å². The van der Waals surface area contributed by atoms with Crippen molar-refractivity contribution >= 4 is 23.0 Å². The van der Waals surface area contributed by atoms with E-state index >= 15 is 0 Å². The van der Waals surface area contributed by atoms with E-state index in [1.807, 2.05) is 37.3 Å². The third kappa shape index (κ3) is 4.06. The van der Waals surface area contributed by atoms with E-state index in [-0.39, 0.29) is 17.7 Å². The summed E-state index contributed by atoms with van der Waals surface area (Å²) in [5.74, 6) is 1.55. The van der Waals surface area contributed by atoms with Crippen LogP contribution < -0.4 is 20.1 Å². The van der Waals surface area contributed by atoms with Crippen molar-refractivity contribution < 1.29 is 14.3 Å². The number of amides is 2. The maximum atomic E-state index is 12.4. The van der Waals surface area contributed by atoms with E-state index < -0.39 is 0 Å². The SMILES string of the molecule is COc1cccc2c1-c1ccc3c(c1C(c1cc(C)cc(NC(=O)N(C)C)c1)O2)C(C)=CC(C)(C)N3. The number of urea groups is 1. The lowest BCUT2D eigenvalue weighted by Gasteiger charge is -2.37. The molecule has 6 heteroatoms. The Kier molecular flexibility index (Phi) is 5.70. The van der Waals surface area contributed by atoms with E-state index in [0.29, 0.717) is 0 Å². The third-order valence-electron chi connectivity index (χ3n) is 6.72. The normalized spacial score (nSPS) is 16.9. The zero-order chi connectivity index (χ0) is 25.8. The summed E-state index contributed by atoms with van der Waals surface area (Å²) >= 11 is 0. The van der Waals surface area contributed by atoms with Crippen molar-refractivity contribution in [2.75, 3.05) is 31.8 Å². The lowest BCUT2D eigenvalue weighted by molar-refractivity contribution is 0.230. The number of fused-ring (bicyclic) bond motifs is 5. The summed E-state index contributed by atoms with van der Waals surface area (Å²) < 4.78 is 12.5. The molecule has 0 aliphatic carbocycles. The minimum Gasteiger partial charge on any atom is -0.496 e. The first kappa shape index (κ1) is 23.8. The van der Waals surface area contributed by atoms with Crippen LogP contribution in [0.5, 0.6) is 11.5 Å². The summed E-state index contributed by atoms with van der Waals surface area (Å²) in [5, 5.41) is 6.67. The van der Waals surface area contributed by atoms with Crippen LogP contribution in [-0.4, -0.2) is 37.7 Å². The molecule has 1 unspecified atom stereocenters. The van der Waals surface area contributed by atoms with E-state index in [2.05, 4.69) is 55.7 Å². The molecule has 0 saturated heterocycles. The second-order valence-electron chi connectivity index (χ2n) is 10.4. The highest BCUT2D eigenvalue weighted by Gasteiger charge is 2.36. The third-order valence-corrected chi connectivity index (χ3v) is 6.72. The molecule has 2 aliphatic heterocycles. The van der Waals surface area contributed by atoms with Crippen LogP contribution in [0.3, 0.4) is 0 Å². The van der Waals surface area contributed by atoms with Crippen molar-refractivity contribution in [3.05, 3.63) is 76.9 Å².